The van der Waals surface area contributed by atoms with Gasteiger partial charge < -0.3 is 9.73 Å². The molecule has 0 amide bonds. The van der Waals surface area contributed by atoms with Gasteiger partial charge >= 0.3 is 0 Å². The maximum Gasteiger partial charge on any atom is 0.117 e. The summed E-state index contributed by atoms with van der Waals surface area (Å²) >= 11 is 0. The molecular formula is C15H17N3O. The second kappa shape index (κ2) is 4.90. The van der Waals surface area contributed by atoms with Gasteiger partial charge in [-0.15, -0.1) is 0 Å². The van der Waals surface area contributed by atoms with Crippen LogP contribution in [-0.4, -0.2) is 9.78 Å². The van der Waals surface area contributed by atoms with Crippen molar-refractivity contribution in [2.45, 2.75) is 20.0 Å². The number of nitrogens with zero attached hydrogens (tertiary/aromatic N) is 2. The monoisotopic (exact) mass is 255 g/mol. The van der Waals surface area contributed by atoms with E-state index in [1.165, 1.54) is 5.39 Å². The van der Waals surface area contributed by atoms with Crippen molar-refractivity contribution in [2.75, 3.05) is 0 Å². The van der Waals surface area contributed by atoms with Gasteiger partial charge in [-0.25, -0.2) is 0 Å². The Morgan fingerprint density at radius 2 is 2.00 bits per heavy atom. The zero-order valence-corrected chi connectivity index (χ0v) is 11.2. The lowest BCUT2D eigenvalue weighted by molar-refractivity contribution is 0.460. The predicted octanol–water partition coefficient (Wildman–Crippen LogP) is 2.76. The molecule has 1 N–H and O–H groups in total. The Kier molecular flexibility index (Phi) is 3.09. The van der Waals surface area contributed by atoms with Crippen molar-refractivity contribution in [3.63, 3.8) is 0 Å². The number of furan rings is 1. The van der Waals surface area contributed by atoms with Gasteiger partial charge in [0.15, 0.2) is 0 Å². The molecular weight excluding hydrogens is 238 g/mol. The fourth-order valence-corrected chi connectivity index (χ4v) is 2.30. The van der Waals surface area contributed by atoms with E-state index in [-0.39, 0.29) is 0 Å². The molecule has 0 saturated carbocycles. The lowest BCUT2D eigenvalue weighted by atomic mass is 10.2. The summed E-state index contributed by atoms with van der Waals surface area (Å²) in [6, 6.07) is 12.3. The van der Waals surface area contributed by atoms with Crippen molar-refractivity contribution >= 4 is 10.9 Å². The highest BCUT2D eigenvalue weighted by Gasteiger charge is 2.07. The smallest absolute Gasteiger partial charge is 0.117 e. The molecule has 1 aromatic carbocycles. The third kappa shape index (κ3) is 2.39. The van der Waals surface area contributed by atoms with Gasteiger partial charge in [-0.3, -0.25) is 4.68 Å². The first kappa shape index (κ1) is 12.0. The maximum absolute atomic E-state index is 5.53. The van der Waals surface area contributed by atoms with Crippen LogP contribution in [-0.2, 0) is 20.1 Å². The molecule has 98 valence electrons. The number of para-hydroxylation sites is 1. The number of rotatable bonds is 4. The second-order valence-electron chi connectivity index (χ2n) is 4.70. The topological polar surface area (TPSA) is 43.0 Å². The van der Waals surface area contributed by atoms with Gasteiger partial charge in [0.25, 0.3) is 0 Å². The van der Waals surface area contributed by atoms with Crippen LogP contribution in [0.2, 0.25) is 0 Å². The van der Waals surface area contributed by atoms with Crippen LogP contribution in [0.15, 0.2) is 40.8 Å². The Labute approximate surface area is 112 Å². The lowest BCUT2D eigenvalue weighted by Gasteiger charge is -2.00. The number of fused-ring (bicyclic) bond motifs is 1. The zero-order valence-electron chi connectivity index (χ0n) is 11.2. The fraction of sp³-hybridized carbons (Fsp3) is 0.267. The summed E-state index contributed by atoms with van der Waals surface area (Å²) in [5.41, 5.74) is 2.23. The third-order valence-corrected chi connectivity index (χ3v) is 3.22. The Morgan fingerprint density at radius 3 is 2.79 bits per heavy atom. The first-order valence-corrected chi connectivity index (χ1v) is 6.40. The molecule has 0 aliphatic heterocycles. The van der Waals surface area contributed by atoms with Crippen molar-refractivity contribution in [1.29, 1.82) is 0 Å². The number of hydrogen-bond donors (Lipinski definition) is 1. The summed E-state index contributed by atoms with van der Waals surface area (Å²) in [7, 11) is 1.97. The van der Waals surface area contributed by atoms with Crippen LogP contribution in [0.4, 0.5) is 0 Å². The standard InChI is InChI=1S/C15H17N3O/c1-11-7-8-12(19-11)9-16-10-14-13-5-3-4-6-15(13)18(2)17-14/h3-8,16H,9-10H2,1-2H3. The minimum absolute atomic E-state index is 0.721. The molecule has 3 aromatic rings. The number of benzene rings is 1. The Hall–Kier alpha value is -2.07. The van der Waals surface area contributed by atoms with E-state index in [4.69, 9.17) is 4.42 Å². The van der Waals surface area contributed by atoms with E-state index in [0.717, 1.165) is 35.8 Å². The molecule has 0 aliphatic rings. The average Bonchev–Trinajstić information content (AvgIpc) is 2.96. The molecule has 4 heteroatoms. The molecule has 0 bridgehead atoms. The molecule has 0 radical (unpaired) electrons. The minimum Gasteiger partial charge on any atom is -0.465 e. The van der Waals surface area contributed by atoms with Gasteiger partial charge in [-0.1, -0.05) is 18.2 Å². The van der Waals surface area contributed by atoms with Crippen LogP contribution in [0, 0.1) is 6.92 Å². The zero-order chi connectivity index (χ0) is 13.2. The molecule has 19 heavy (non-hydrogen) atoms. The van der Waals surface area contributed by atoms with Gasteiger partial charge in [-0.05, 0) is 25.1 Å². The number of aromatic nitrogens is 2. The molecule has 0 unspecified atom stereocenters. The quantitative estimate of drug-likeness (QED) is 0.779. The van der Waals surface area contributed by atoms with E-state index >= 15 is 0 Å². The van der Waals surface area contributed by atoms with Crippen molar-refractivity contribution in [3.05, 3.63) is 53.6 Å². The summed E-state index contributed by atoms with van der Waals surface area (Å²) in [5, 5.41) is 9.12. The van der Waals surface area contributed by atoms with Crippen molar-refractivity contribution in [3.8, 4) is 0 Å². The van der Waals surface area contributed by atoms with Crippen LogP contribution < -0.4 is 5.32 Å². The van der Waals surface area contributed by atoms with Gasteiger partial charge in [0.1, 0.15) is 11.5 Å². The van der Waals surface area contributed by atoms with E-state index in [9.17, 15) is 0 Å². The van der Waals surface area contributed by atoms with Crippen LogP contribution in [0.1, 0.15) is 17.2 Å². The molecule has 2 aromatic heterocycles. The molecule has 0 aliphatic carbocycles. The maximum atomic E-state index is 5.53. The molecule has 0 atom stereocenters. The van der Waals surface area contributed by atoms with E-state index in [1.807, 2.05) is 42.9 Å². The second-order valence-corrected chi connectivity index (χ2v) is 4.70. The van der Waals surface area contributed by atoms with Gasteiger partial charge in [0, 0.05) is 19.0 Å². The lowest BCUT2D eigenvalue weighted by Crippen LogP contribution is -2.13. The normalized spacial score (nSPS) is 11.3. The van der Waals surface area contributed by atoms with Crippen molar-refractivity contribution in [2.24, 2.45) is 7.05 Å². The van der Waals surface area contributed by atoms with Crippen LogP contribution in [0.25, 0.3) is 10.9 Å². The van der Waals surface area contributed by atoms with E-state index in [0.29, 0.717) is 0 Å². The van der Waals surface area contributed by atoms with Gasteiger partial charge in [0.05, 0.1) is 17.8 Å². The molecule has 3 rings (SSSR count). The SMILES string of the molecule is Cc1ccc(CNCc2nn(C)c3ccccc23)o1. The van der Waals surface area contributed by atoms with Crippen molar-refractivity contribution in [1.82, 2.24) is 15.1 Å². The van der Waals surface area contributed by atoms with E-state index in [1.54, 1.807) is 0 Å². The number of aryl methyl sites for hydroxylation is 2. The molecule has 4 nitrogen and oxygen atoms in total. The van der Waals surface area contributed by atoms with Crippen LogP contribution >= 0.6 is 0 Å². The summed E-state index contributed by atoms with van der Waals surface area (Å²) in [5.74, 6) is 1.90. The summed E-state index contributed by atoms with van der Waals surface area (Å²) in [6.45, 7) is 3.41. The summed E-state index contributed by atoms with van der Waals surface area (Å²) in [6.07, 6.45) is 0. The van der Waals surface area contributed by atoms with Crippen LogP contribution in [0.5, 0.6) is 0 Å². The Bertz CT molecular complexity index is 696. The highest BCUT2D eigenvalue weighted by atomic mass is 16.3. The summed E-state index contributed by atoms with van der Waals surface area (Å²) in [4.78, 5) is 0. The predicted molar refractivity (Wildman–Crippen MR) is 74.7 cm³/mol. The van der Waals surface area contributed by atoms with Crippen LogP contribution in [0.3, 0.4) is 0 Å². The molecule has 2 heterocycles. The first-order chi connectivity index (χ1) is 9.24. The van der Waals surface area contributed by atoms with E-state index < -0.39 is 0 Å². The average molecular weight is 255 g/mol. The molecule has 0 fully saturated rings. The fourth-order valence-electron chi connectivity index (χ4n) is 2.30. The molecule has 0 saturated heterocycles. The first-order valence-electron chi connectivity index (χ1n) is 6.40. The van der Waals surface area contributed by atoms with Gasteiger partial charge in [-0.2, -0.15) is 5.10 Å². The summed E-state index contributed by atoms with van der Waals surface area (Å²) < 4.78 is 7.45. The van der Waals surface area contributed by atoms with E-state index in [2.05, 4.69) is 22.5 Å². The third-order valence-electron chi connectivity index (χ3n) is 3.22. The largest absolute Gasteiger partial charge is 0.465 e. The van der Waals surface area contributed by atoms with Gasteiger partial charge in [0.2, 0.25) is 0 Å². The Morgan fingerprint density at radius 1 is 1.16 bits per heavy atom. The highest BCUT2D eigenvalue weighted by molar-refractivity contribution is 5.81. The number of hydrogen-bond acceptors (Lipinski definition) is 3. The highest BCUT2D eigenvalue weighted by Crippen LogP contribution is 2.17. The minimum atomic E-state index is 0.721. The van der Waals surface area contributed by atoms with Crippen molar-refractivity contribution < 1.29 is 4.42 Å². The number of nitrogens with one attached hydrogen (secondary N) is 1. The Balaban J connectivity index is 1.72. The molecule has 0 spiro atoms.